The smallest absolute Gasteiger partial charge is 0.405 e. The molecule has 21 heavy (non-hydrogen) atoms. The summed E-state index contributed by atoms with van der Waals surface area (Å²) in [5.74, 6) is 1.70. The Kier molecular flexibility index (Phi) is 3.99. The van der Waals surface area contributed by atoms with Crippen LogP contribution in [-0.4, -0.2) is 31.1 Å². The van der Waals surface area contributed by atoms with Crippen molar-refractivity contribution in [3.8, 4) is 5.75 Å². The largest absolute Gasteiger partial charge is 0.573 e. The molecule has 6 heteroatoms. The summed E-state index contributed by atoms with van der Waals surface area (Å²) in [5.41, 5.74) is 0. The van der Waals surface area contributed by atoms with Crippen LogP contribution in [0, 0.1) is 0 Å². The van der Waals surface area contributed by atoms with E-state index in [1.54, 1.807) is 18.2 Å². The van der Waals surface area contributed by atoms with Crippen molar-refractivity contribution in [2.24, 2.45) is 0 Å². The molecule has 0 spiro atoms. The predicted octanol–water partition coefficient (Wildman–Crippen LogP) is 3.75. The highest BCUT2D eigenvalue weighted by Gasteiger charge is 2.33. The molecule has 0 aromatic heterocycles. The molecule has 0 unspecified atom stereocenters. The fourth-order valence-electron chi connectivity index (χ4n) is 2.45. The Morgan fingerprint density at radius 2 is 1.62 bits per heavy atom. The lowest BCUT2D eigenvalue weighted by molar-refractivity contribution is -0.274. The van der Waals surface area contributed by atoms with Crippen molar-refractivity contribution < 1.29 is 22.6 Å². The first-order valence-electron chi connectivity index (χ1n) is 6.57. The third-order valence-electron chi connectivity index (χ3n) is 3.33. The van der Waals surface area contributed by atoms with Crippen molar-refractivity contribution >= 4 is 21.7 Å². The van der Waals surface area contributed by atoms with Gasteiger partial charge in [0, 0.05) is 21.7 Å². The van der Waals surface area contributed by atoms with Crippen LogP contribution < -0.4 is 4.74 Å². The zero-order chi connectivity index (χ0) is 14.9. The van der Waals surface area contributed by atoms with Gasteiger partial charge in [0.2, 0.25) is 0 Å². The van der Waals surface area contributed by atoms with Crippen molar-refractivity contribution in [1.29, 1.82) is 0 Å². The normalized spacial score (nSPS) is 17.1. The SMILES string of the molecule is FC(F)(F)Oc1ccc([S+]2CCOCC2)c2ccccc12. The van der Waals surface area contributed by atoms with E-state index in [1.165, 1.54) is 6.07 Å². The van der Waals surface area contributed by atoms with Crippen LogP contribution in [0.4, 0.5) is 13.2 Å². The maximum Gasteiger partial charge on any atom is 0.573 e. The third-order valence-corrected chi connectivity index (χ3v) is 5.63. The van der Waals surface area contributed by atoms with Crippen LogP contribution in [0.1, 0.15) is 0 Å². The second-order valence-corrected chi connectivity index (χ2v) is 6.91. The number of hydrogen-bond donors (Lipinski definition) is 0. The molecule has 0 N–H and O–H groups in total. The Hall–Kier alpha value is -1.40. The van der Waals surface area contributed by atoms with Gasteiger partial charge in [-0.15, -0.1) is 13.2 Å². The minimum Gasteiger partial charge on any atom is -0.405 e. The predicted molar refractivity (Wildman–Crippen MR) is 76.8 cm³/mol. The van der Waals surface area contributed by atoms with E-state index >= 15 is 0 Å². The topological polar surface area (TPSA) is 18.5 Å². The molecule has 0 amide bonds. The van der Waals surface area contributed by atoms with E-state index in [2.05, 4.69) is 4.74 Å². The summed E-state index contributed by atoms with van der Waals surface area (Å²) in [4.78, 5) is 1.10. The summed E-state index contributed by atoms with van der Waals surface area (Å²) in [7, 11) is 0.0242. The van der Waals surface area contributed by atoms with Gasteiger partial charge < -0.3 is 9.47 Å². The summed E-state index contributed by atoms with van der Waals surface area (Å²) in [6.45, 7) is 1.41. The van der Waals surface area contributed by atoms with Crippen LogP contribution in [0.25, 0.3) is 10.8 Å². The average molecular weight is 315 g/mol. The summed E-state index contributed by atoms with van der Waals surface area (Å²) in [5, 5.41) is 1.34. The van der Waals surface area contributed by atoms with Gasteiger partial charge in [-0.25, -0.2) is 0 Å². The zero-order valence-electron chi connectivity index (χ0n) is 11.2. The van der Waals surface area contributed by atoms with E-state index in [1.807, 2.05) is 12.1 Å². The van der Waals surface area contributed by atoms with Gasteiger partial charge in [0.1, 0.15) is 17.3 Å². The minimum atomic E-state index is -4.68. The van der Waals surface area contributed by atoms with E-state index in [0.717, 1.165) is 21.8 Å². The molecule has 0 atom stereocenters. The van der Waals surface area contributed by atoms with Crippen LogP contribution in [0.15, 0.2) is 41.3 Å². The standard InChI is InChI=1S/C15H14F3O2S/c16-15(17,18)20-13-5-6-14(21-9-7-19-8-10-21)12-4-2-1-3-11(12)13/h1-6H,7-10H2/q+1. The highest BCUT2D eigenvalue weighted by atomic mass is 32.2. The lowest BCUT2D eigenvalue weighted by atomic mass is 10.1. The molecule has 2 aromatic carbocycles. The molecular formula is C15H14F3O2S+. The van der Waals surface area contributed by atoms with Crippen molar-refractivity contribution in [2.45, 2.75) is 11.3 Å². The maximum atomic E-state index is 12.5. The molecule has 0 bridgehead atoms. The van der Waals surface area contributed by atoms with Gasteiger partial charge in [-0.05, 0) is 18.2 Å². The number of ether oxygens (including phenoxy) is 2. The molecule has 1 saturated heterocycles. The van der Waals surface area contributed by atoms with Crippen molar-refractivity contribution in [3.05, 3.63) is 36.4 Å². The van der Waals surface area contributed by atoms with Crippen LogP contribution in [0.3, 0.4) is 0 Å². The summed E-state index contributed by atoms with van der Waals surface area (Å²) in [6, 6.07) is 10.3. The molecule has 1 fully saturated rings. The Morgan fingerprint density at radius 3 is 2.29 bits per heavy atom. The Bertz CT molecular complexity index is 636. The van der Waals surface area contributed by atoms with Gasteiger partial charge in [-0.2, -0.15) is 0 Å². The third kappa shape index (κ3) is 3.27. The monoisotopic (exact) mass is 315 g/mol. The van der Waals surface area contributed by atoms with Gasteiger partial charge in [0.05, 0.1) is 13.2 Å². The average Bonchev–Trinajstić information content (AvgIpc) is 2.47. The highest BCUT2D eigenvalue weighted by molar-refractivity contribution is 7.97. The van der Waals surface area contributed by atoms with Crippen molar-refractivity contribution in [2.75, 3.05) is 24.7 Å². The first-order valence-corrected chi connectivity index (χ1v) is 8.14. The lowest BCUT2D eigenvalue weighted by Crippen LogP contribution is -2.26. The van der Waals surface area contributed by atoms with E-state index in [9.17, 15) is 13.2 Å². The van der Waals surface area contributed by atoms with Gasteiger partial charge in [0.15, 0.2) is 4.90 Å². The first-order chi connectivity index (χ1) is 10.0. The quantitative estimate of drug-likeness (QED) is 0.786. The van der Waals surface area contributed by atoms with Gasteiger partial charge in [-0.1, -0.05) is 18.2 Å². The molecule has 1 heterocycles. The first kappa shape index (κ1) is 14.5. The number of hydrogen-bond acceptors (Lipinski definition) is 2. The van der Waals surface area contributed by atoms with Gasteiger partial charge in [0.25, 0.3) is 0 Å². The number of fused-ring (bicyclic) bond motifs is 1. The molecule has 0 aliphatic carbocycles. The number of benzene rings is 2. The fourth-order valence-corrected chi connectivity index (χ4v) is 4.48. The second kappa shape index (κ2) is 5.77. The van der Waals surface area contributed by atoms with Crippen molar-refractivity contribution in [1.82, 2.24) is 0 Å². The molecule has 0 saturated carbocycles. The number of rotatable bonds is 2. The molecule has 1 aliphatic rings. The fraction of sp³-hybridized carbons (Fsp3) is 0.333. The molecule has 0 radical (unpaired) electrons. The Morgan fingerprint density at radius 1 is 0.952 bits per heavy atom. The zero-order valence-corrected chi connectivity index (χ0v) is 12.0. The molecular weight excluding hydrogens is 301 g/mol. The van der Waals surface area contributed by atoms with E-state index in [-0.39, 0.29) is 16.6 Å². The maximum absolute atomic E-state index is 12.5. The molecule has 2 nitrogen and oxygen atoms in total. The van der Waals surface area contributed by atoms with E-state index in [4.69, 9.17) is 4.74 Å². The molecule has 112 valence electrons. The van der Waals surface area contributed by atoms with E-state index in [0.29, 0.717) is 18.6 Å². The lowest BCUT2D eigenvalue weighted by Gasteiger charge is -2.17. The minimum absolute atomic E-state index is 0.0242. The van der Waals surface area contributed by atoms with Crippen LogP contribution in [0.2, 0.25) is 0 Å². The van der Waals surface area contributed by atoms with Gasteiger partial charge >= 0.3 is 6.36 Å². The summed E-state index contributed by atoms with van der Waals surface area (Å²) >= 11 is 0. The number of halogens is 3. The molecule has 1 aliphatic heterocycles. The molecule has 3 rings (SSSR count). The number of alkyl halides is 3. The van der Waals surface area contributed by atoms with Gasteiger partial charge in [-0.3, -0.25) is 0 Å². The Balaban J connectivity index is 2.05. The Labute approximate surface area is 123 Å². The molecule has 2 aromatic rings. The van der Waals surface area contributed by atoms with Crippen LogP contribution in [-0.2, 0) is 15.6 Å². The highest BCUT2D eigenvalue weighted by Crippen LogP contribution is 2.35. The second-order valence-electron chi connectivity index (χ2n) is 4.67. The van der Waals surface area contributed by atoms with Crippen LogP contribution >= 0.6 is 0 Å². The summed E-state index contributed by atoms with van der Waals surface area (Å²) < 4.78 is 47.0. The van der Waals surface area contributed by atoms with Crippen LogP contribution in [0.5, 0.6) is 5.75 Å². The van der Waals surface area contributed by atoms with Crippen molar-refractivity contribution in [3.63, 3.8) is 0 Å². The van der Waals surface area contributed by atoms with E-state index < -0.39 is 6.36 Å². The summed E-state index contributed by atoms with van der Waals surface area (Å²) in [6.07, 6.45) is -4.68.